The Morgan fingerprint density at radius 1 is 1.33 bits per heavy atom. The number of hydrogen-bond acceptors (Lipinski definition) is 4. The van der Waals surface area contributed by atoms with Gasteiger partial charge in [0.25, 0.3) is 0 Å². The Morgan fingerprint density at radius 2 is 2.24 bits per heavy atom. The number of aliphatic hydroxyl groups excluding tert-OH is 1. The van der Waals surface area contributed by atoms with Crippen molar-refractivity contribution in [1.29, 1.82) is 0 Å². The number of nitrogens with zero attached hydrogens (tertiary/aromatic N) is 2. The van der Waals surface area contributed by atoms with Gasteiger partial charge in [0.2, 0.25) is 0 Å². The average Bonchev–Trinajstić information content (AvgIpc) is 3.06. The molecule has 0 bridgehead atoms. The number of fused-ring (bicyclic) bond motifs is 3. The minimum atomic E-state index is -0.441. The van der Waals surface area contributed by atoms with Gasteiger partial charge in [0.05, 0.1) is 26.4 Å². The summed E-state index contributed by atoms with van der Waals surface area (Å²) in [6.45, 7) is 2.45. The second-order valence-corrected chi connectivity index (χ2v) is 5.38. The highest BCUT2D eigenvalue weighted by Crippen LogP contribution is 2.29. The number of hydrogen-bond donors (Lipinski definition) is 1. The van der Waals surface area contributed by atoms with E-state index in [0.29, 0.717) is 13.2 Å². The maximum atomic E-state index is 11.8. The van der Waals surface area contributed by atoms with E-state index < -0.39 is 12.2 Å². The predicted octanol–water partition coefficient (Wildman–Crippen LogP) is 1.49. The van der Waals surface area contributed by atoms with Crippen LogP contribution in [0.15, 0.2) is 24.3 Å². The summed E-state index contributed by atoms with van der Waals surface area (Å²) in [5, 5.41) is 10.2. The van der Waals surface area contributed by atoms with Gasteiger partial charge in [-0.3, -0.25) is 4.90 Å². The van der Waals surface area contributed by atoms with Crippen molar-refractivity contribution >= 4 is 22.7 Å². The molecule has 1 amide bonds. The number of anilines is 1. The average molecular weight is 288 g/mol. The summed E-state index contributed by atoms with van der Waals surface area (Å²) in [6, 6.07) is 8.04. The van der Waals surface area contributed by atoms with Crippen LogP contribution in [0.25, 0.3) is 10.9 Å². The largest absolute Gasteiger partial charge is 0.441 e. The normalized spacial score (nSPS) is 21.7. The van der Waals surface area contributed by atoms with E-state index in [1.165, 1.54) is 0 Å². The van der Waals surface area contributed by atoms with Crippen LogP contribution in [0.2, 0.25) is 0 Å². The van der Waals surface area contributed by atoms with Gasteiger partial charge < -0.3 is 19.1 Å². The topological polar surface area (TPSA) is 63.9 Å². The van der Waals surface area contributed by atoms with Crippen LogP contribution in [0, 0.1) is 0 Å². The first-order valence-electron chi connectivity index (χ1n) is 7.05. The smallest absolute Gasteiger partial charge is 0.414 e. The van der Waals surface area contributed by atoms with Gasteiger partial charge >= 0.3 is 6.09 Å². The van der Waals surface area contributed by atoms with E-state index in [1.807, 2.05) is 18.2 Å². The van der Waals surface area contributed by atoms with Crippen molar-refractivity contribution in [2.45, 2.75) is 19.3 Å². The van der Waals surface area contributed by atoms with E-state index in [2.05, 4.69) is 10.6 Å². The molecule has 4 rings (SSSR count). The Bertz CT molecular complexity index is 709. The molecule has 6 heteroatoms. The molecule has 110 valence electrons. The molecule has 0 saturated carbocycles. The van der Waals surface area contributed by atoms with Crippen molar-refractivity contribution in [2.24, 2.45) is 0 Å². The summed E-state index contributed by atoms with van der Waals surface area (Å²) in [5.74, 6) is 0. The quantitative estimate of drug-likeness (QED) is 0.909. The number of carbonyl (C=O) groups excluding carboxylic acids is 1. The van der Waals surface area contributed by atoms with Crippen LogP contribution >= 0.6 is 0 Å². The first-order valence-corrected chi connectivity index (χ1v) is 7.05. The van der Waals surface area contributed by atoms with Crippen LogP contribution in [-0.4, -0.2) is 41.6 Å². The third-order valence-electron chi connectivity index (χ3n) is 4.07. The lowest BCUT2D eigenvalue weighted by molar-refractivity contribution is 0.0865. The summed E-state index contributed by atoms with van der Waals surface area (Å²) in [7, 11) is 0. The third kappa shape index (κ3) is 1.99. The number of aliphatic hydroxyl groups is 1. The molecule has 1 N–H and O–H groups in total. The Labute approximate surface area is 121 Å². The number of cyclic esters (lactones) is 1. The minimum absolute atomic E-state index is 0.150. The van der Waals surface area contributed by atoms with Crippen molar-refractivity contribution in [3.8, 4) is 0 Å². The lowest BCUT2D eigenvalue weighted by Gasteiger charge is -2.17. The number of aromatic nitrogens is 1. The fraction of sp³-hybridized carbons (Fsp3) is 0.400. The summed E-state index contributed by atoms with van der Waals surface area (Å²) in [5.41, 5.74) is 3.11. The van der Waals surface area contributed by atoms with Gasteiger partial charge in [0.15, 0.2) is 0 Å². The van der Waals surface area contributed by atoms with Crippen molar-refractivity contribution in [3.05, 3.63) is 30.0 Å². The van der Waals surface area contributed by atoms with E-state index in [-0.39, 0.29) is 6.61 Å². The predicted molar refractivity (Wildman–Crippen MR) is 76.3 cm³/mol. The fourth-order valence-corrected chi connectivity index (χ4v) is 3.03. The Morgan fingerprint density at radius 3 is 3.05 bits per heavy atom. The van der Waals surface area contributed by atoms with E-state index in [1.54, 1.807) is 4.90 Å². The van der Waals surface area contributed by atoms with E-state index in [9.17, 15) is 4.79 Å². The minimum Gasteiger partial charge on any atom is -0.441 e. The van der Waals surface area contributed by atoms with Crippen LogP contribution in [0.1, 0.15) is 5.69 Å². The second-order valence-electron chi connectivity index (χ2n) is 5.38. The summed E-state index contributed by atoms with van der Waals surface area (Å²) in [4.78, 5) is 13.4. The molecule has 21 heavy (non-hydrogen) atoms. The number of benzene rings is 1. The molecule has 1 aromatic carbocycles. The van der Waals surface area contributed by atoms with Crippen LogP contribution in [0.5, 0.6) is 0 Å². The first kappa shape index (κ1) is 12.7. The third-order valence-corrected chi connectivity index (χ3v) is 4.07. The van der Waals surface area contributed by atoms with E-state index in [4.69, 9.17) is 14.6 Å². The van der Waals surface area contributed by atoms with Crippen LogP contribution in [-0.2, 0) is 22.6 Å². The van der Waals surface area contributed by atoms with Crippen molar-refractivity contribution < 1.29 is 19.4 Å². The molecule has 2 aliphatic rings. The number of carbonyl (C=O) groups is 1. The maximum absolute atomic E-state index is 11.8. The lowest BCUT2D eigenvalue weighted by Crippen LogP contribution is -2.25. The fourth-order valence-electron chi connectivity index (χ4n) is 3.03. The van der Waals surface area contributed by atoms with Gasteiger partial charge in [-0.15, -0.1) is 0 Å². The second kappa shape index (κ2) is 4.75. The summed E-state index contributed by atoms with van der Waals surface area (Å²) >= 11 is 0. The Hall–Kier alpha value is -2.05. The molecule has 1 fully saturated rings. The summed E-state index contributed by atoms with van der Waals surface area (Å²) in [6.07, 6.45) is -0.843. The van der Waals surface area contributed by atoms with Crippen LogP contribution in [0.3, 0.4) is 0 Å². The number of amides is 1. The monoisotopic (exact) mass is 288 g/mol. The standard InChI is InChI=1S/C15H16N2O4/c18-8-13-7-17(15(19)21-13)11-1-2-14-10(5-11)6-12-9-20-4-3-16(12)14/h1-2,5-6,13,18H,3-4,7-9H2. The van der Waals surface area contributed by atoms with Gasteiger partial charge in [0.1, 0.15) is 6.10 Å². The molecule has 1 unspecified atom stereocenters. The highest BCUT2D eigenvalue weighted by molar-refractivity contribution is 5.94. The molecule has 0 radical (unpaired) electrons. The van der Waals surface area contributed by atoms with Gasteiger partial charge in [-0.1, -0.05) is 0 Å². The van der Waals surface area contributed by atoms with Crippen molar-refractivity contribution in [1.82, 2.24) is 4.57 Å². The van der Waals surface area contributed by atoms with Crippen molar-refractivity contribution in [2.75, 3.05) is 24.7 Å². The highest BCUT2D eigenvalue weighted by Gasteiger charge is 2.32. The molecule has 1 atom stereocenters. The Balaban J connectivity index is 1.73. The molecule has 3 heterocycles. The zero-order chi connectivity index (χ0) is 14.4. The van der Waals surface area contributed by atoms with E-state index in [0.717, 1.165) is 35.4 Å². The molecule has 1 saturated heterocycles. The molecule has 1 aromatic heterocycles. The molecular weight excluding hydrogens is 272 g/mol. The molecule has 2 aliphatic heterocycles. The summed E-state index contributed by atoms with van der Waals surface area (Å²) < 4.78 is 12.8. The Kier molecular flexibility index (Phi) is 2.87. The highest BCUT2D eigenvalue weighted by atomic mass is 16.6. The van der Waals surface area contributed by atoms with Gasteiger partial charge in [-0.05, 0) is 24.3 Å². The van der Waals surface area contributed by atoms with Gasteiger partial charge in [-0.2, -0.15) is 0 Å². The van der Waals surface area contributed by atoms with E-state index >= 15 is 0 Å². The van der Waals surface area contributed by atoms with Crippen LogP contribution < -0.4 is 4.90 Å². The number of rotatable bonds is 2. The van der Waals surface area contributed by atoms with Crippen molar-refractivity contribution in [3.63, 3.8) is 0 Å². The molecule has 0 spiro atoms. The zero-order valence-corrected chi connectivity index (χ0v) is 11.5. The molecule has 6 nitrogen and oxygen atoms in total. The molecular formula is C15H16N2O4. The SMILES string of the molecule is O=C1OC(CO)CN1c1ccc2c(c1)cc1n2CCOC1. The molecule has 2 aromatic rings. The van der Waals surface area contributed by atoms with Gasteiger partial charge in [0, 0.05) is 28.8 Å². The van der Waals surface area contributed by atoms with Gasteiger partial charge in [-0.25, -0.2) is 4.79 Å². The first-order chi connectivity index (χ1) is 10.3. The maximum Gasteiger partial charge on any atom is 0.414 e. The number of ether oxygens (including phenoxy) is 2. The zero-order valence-electron chi connectivity index (χ0n) is 11.5. The van der Waals surface area contributed by atoms with Crippen LogP contribution in [0.4, 0.5) is 10.5 Å². The lowest BCUT2D eigenvalue weighted by atomic mass is 10.2. The molecule has 0 aliphatic carbocycles.